The minimum absolute atomic E-state index is 0.126. The van der Waals surface area contributed by atoms with Crippen LogP contribution in [0.1, 0.15) is 41.7 Å². The zero-order valence-corrected chi connectivity index (χ0v) is 15.1. The second-order valence-corrected chi connectivity index (χ2v) is 7.44. The molecule has 5 rings (SSSR count). The fourth-order valence-electron chi connectivity index (χ4n) is 3.21. The molecule has 0 unspecified atom stereocenters. The van der Waals surface area contributed by atoms with Gasteiger partial charge in [0.1, 0.15) is 0 Å². The fraction of sp³-hybridized carbons (Fsp3) is 0.263. The first kappa shape index (κ1) is 15.5. The van der Waals surface area contributed by atoms with Crippen LogP contribution in [0.15, 0.2) is 36.0 Å². The summed E-state index contributed by atoms with van der Waals surface area (Å²) in [5, 5.41) is 8.21. The number of hydrogen-bond donors (Lipinski definition) is 1. The predicted molar refractivity (Wildman–Crippen MR) is 103 cm³/mol. The highest BCUT2D eigenvalue weighted by Gasteiger charge is 2.28. The topological polar surface area (TPSA) is 72.7 Å². The van der Waals surface area contributed by atoms with Gasteiger partial charge in [0.25, 0.3) is 5.91 Å². The van der Waals surface area contributed by atoms with Gasteiger partial charge in [0.2, 0.25) is 0 Å². The molecule has 3 aromatic heterocycles. The van der Waals surface area contributed by atoms with Gasteiger partial charge in [0, 0.05) is 23.8 Å². The summed E-state index contributed by atoms with van der Waals surface area (Å²) >= 11 is 1.56. The monoisotopic (exact) mass is 363 g/mol. The summed E-state index contributed by atoms with van der Waals surface area (Å²) in [6.45, 7) is 2.76. The van der Waals surface area contributed by atoms with Crippen molar-refractivity contribution < 1.29 is 4.79 Å². The van der Waals surface area contributed by atoms with E-state index in [1.807, 2.05) is 41.4 Å². The summed E-state index contributed by atoms with van der Waals surface area (Å²) in [6, 6.07) is 7.70. The van der Waals surface area contributed by atoms with Gasteiger partial charge in [0.05, 0.1) is 32.9 Å². The first-order valence-electron chi connectivity index (χ1n) is 8.74. The Kier molecular flexibility index (Phi) is 3.49. The van der Waals surface area contributed by atoms with Crippen LogP contribution in [0.4, 0.5) is 5.69 Å². The summed E-state index contributed by atoms with van der Waals surface area (Å²) in [4.78, 5) is 22.0. The molecule has 0 saturated heterocycles. The van der Waals surface area contributed by atoms with Crippen molar-refractivity contribution in [3.05, 3.63) is 47.2 Å². The molecule has 0 spiro atoms. The van der Waals surface area contributed by atoms with Gasteiger partial charge in [-0.15, -0.1) is 11.3 Å². The molecule has 1 N–H and O–H groups in total. The van der Waals surface area contributed by atoms with Crippen molar-refractivity contribution in [3.63, 3.8) is 0 Å². The molecular weight excluding hydrogens is 346 g/mol. The van der Waals surface area contributed by atoms with Gasteiger partial charge in [-0.05, 0) is 44.0 Å². The summed E-state index contributed by atoms with van der Waals surface area (Å²) in [5.74, 6) is 0.346. The van der Waals surface area contributed by atoms with Gasteiger partial charge in [-0.25, -0.2) is 14.6 Å². The molecule has 1 aliphatic carbocycles. The van der Waals surface area contributed by atoms with Crippen LogP contribution in [-0.2, 0) is 6.54 Å². The predicted octanol–water partition coefficient (Wildman–Crippen LogP) is 4.19. The molecule has 1 aromatic carbocycles. The second kappa shape index (κ2) is 5.88. The molecule has 6 nitrogen and oxygen atoms in total. The number of carbonyl (C=O) groups is 1. The number of rotatable bonds is 4. The van der Waals surface area contributed by atoms with Gasteiger partial charge in [-0.1, -0.05) is 0 Å². The van der Waals surface area contributed by atoms with Gasteiger partial charge in [-0.3, -0.25) is 4.79 Å². The zero-order valence-electron chi connectivity index (χ0n) is 14.3. The number of benzene rings is 1. The molecule has 1 amide bonds. The quantitative estimate of drug-likeness (QED) is 0.590. The Hall–Kier alpha value is -2.80. The van der Waals surface area contributed by atoms with Crippen LogP contribution in [0.5, 0.6) is 0 Å². The SMILES string of the molecule is CCn1ncc2c(C(=O)Nc3ccc4ncsc4c3)cc(C3CC3)nc21. The molecule has 26 heavy (non-hydrogen) atoms. The van der Waals surface area contributed by atoms with E-state index in [0.717, 1.165) is 52.0 Å². The number of fused-ring (bicyclic) bond motifs is 2. The lowest BCUT2D eigenvalue weighted by Gasteiger charge is -2.09. The maximum Gasteiger partial charge on any atom is 0.256 e. The largest absolute Gasteiger partial charge is 0.322 e. The fourth-order valence-corrected chi connectivity index (χ4v) is 3.92. The van der Waals surface area contributed by atoms with Crippen molar-refractivity contribution in [2.45, 2.75) is 32.2 Å². The van der Waals surface area contributed by atoms with E-state index >= 15 is 0 Å². The minimum atomic E-state index is -0.126. The summed E-state index contributed by atoms with van der Waals surface area (Å²) in [7, 11) is 0. The van der Waals surface area contributed by atoms with Crippen LogP contribution in [-0.4, -0.2) is 25.7 Å². The van der Waals surface area contributed by atoms with Crippen LogP contribution in [0, 0.1) is 0 Å². The van der Waals surface area contributed by atoms with Crippen molar-refractivity contribution in [1.82, 2.24) is 19.7 Å². The van der Waals surface area contributed by atoms with E-state index in [4.69, 9.17) is 4.98 Å². The van der Waals surface area contributed by atoms with E-state index in [1.54, 1.807) is 17.5 Å². The number of nitrogens with zero attached hydrogens (tertiary/aromatic N) is 4. The molecule has 0 aliphatic heterocycles. The van der Waals surface area contributed by atoms with Crippen molar-refractivity contribution in [2.24, 2.45) is 0 Å². The maximum absolute atomic E-state index is 13.0. The number of carbonyl (C=O) groups excluding carboxylic acids is 1. The summed E-state index contributed by atoms with van der Waals surface area (Å²) in [6.07, 6.45) is 4.02. The van der Waals surface area contributed by atoms with Crippen LogP contribution in [0.3, 0.4) is 0 Å². The molecular formula is C19H17N5OS. The Morgan fingerprint density at radius 2 is 2.23 bits per heavy atom. The molecule has 4 aromatic rings. The van der Waals surface area contributed by atoms with Gasteiger partial charge < -0.3 is 5.32 Å². The van der Waals surface area contributed by atoms with Gasteiger partial charge in [-0.2, -0.15) is 5.10 Å². The standard InChI is InChI=1S/C19H17N5OS/c1-2-24-18-14(9-21-24)13(8-16(23-18)11-3-4-11)19(25)22-12-5-6-15-17(7-12)26-10-20-15/h5-11H,2-4H2,1H3,(H,22,25). The highest BCUT2D eigenvalue weighted by atomic mass is 32.1. The van der Waals surface area contributed by atoms with Crippen molar-refractivity contribution >= 4 is 44.2 Å². The Balaban J connectivity index is 1.56. The van der Waals surface area contributed by atoms with Crippen molar-refractivity contribution in [2.75, 3.05) is 5.32 Å². The maximum atomic E-state index is 13.0. The van der Waals surface area contributed by atoms with E-state index in [1.165, 1.54) is 0 Å². The Labute approximate surface area is 153 Å². The molecule has 0 bridgehead atoms. The van der Waals surface area contributed by atoms with Crippen LogP contribution in [0.2, 0.25) is 0 Å². The number of pyridine rings is 1. The zero-order chi connectivity index (χ0) is 17.7. The number of amides is 1. The molecule has 0 atom stereocenters. The first-order chi connectivity index (χ1) is 12.7. The minimum Gasteiger partial charge on any atom is -0.322 e. The Morgan fingerprint density at radius 3 is 3.04 bits per heavy atom. The second-order valence-electron chi connectivity index (χ2n) is 6.56. The highest BCUT2D eigenvalue weighted by Crippen LogP contribution is 2.40. The van der Waals surface area contributed by atoms with Crippen LogP contribution in [0.25, 0.3) is 21.3 Å². The lowest BCUT2D eigenvalue weighted by atomic mass is 10.1. The van der Waals surface area contributed by atoms with Crippen LogP contribution >= 0.6 is 11.3 Å². The third kappa shape index (κ3) is 2.55. The Bertz CT molecular complexity index is 1140. The average Bonchev–Trinajstić information content (AvgIpc) is 3.26. The molecule has 1 saturated carbocycles. The summed E-state index contributed by atoms with van der Waals surface area (Å²) < 4.78 is 2.90. The molecule has 3 heterocycles. The number of hydrogen-bond acceptors (Lipinski definition) is 5. The smallest absolute Gasteiger partial charge is 0.256 e. The molecule has 1 aliphatic rings. The molecule has 0 radical (unpaired) electrons. The number of aromatic nitrogens is 4. The lowest BCUT2D eigenvalue weighted by Crippen LogP contribution is -2.13. The van der Waals surface area contributed by atoms with Crippen LogP contribution < -0.4 is 5.32 Å². The summed E-state index contributed by atoms with van der Waals surface area (Å²) in [5.41, 5.74) is 5.95. The Morgan fingerprint density at radius 1 is 1.35 bits per heavy atom. The average molecular weight is 363 g/mol. The lowest BCUT2D eigenvalue weighted by molar-refractivity contribution is 0.102. The molecule has 7 heteroatoms. The van der Waals surface area contributed by atoms with E-state index in [9.17, 15) is 4.79 Å². The first-order valence-corrected chi connectivity index (χ1v) is 9.62. The van der Waals surface area contributed by atoms with E-state index in [2.05, 4.69) is 15.4 Å². The van der Waals surface area contributed by atoms with Gasteiger partial charge >= 0.3 is 0 Å². The number of thiazole rings is 1. The number of anilines is 1. The van der Waals surface area contributed by atoms with E-state index in [-0.39, 0.29) is 5.91 Å². The highest BCUT2D eigenvalue weighted by molar-refractivity contribution is 7.16. The van der Waals surface area contributed by atoms with Crippen molar-refractivity contribution in [1.29, 1.82) is 0 Å². The third-order valence-corrected chi connectivity index (χ3v) is 5.55. The number of nitrogens with one attached hydrogen (secondary N) is 1. The van der Waals surface area contributed by atoms with Gasteiger partial charge in [0.15, 0.2) is 5.65 Å². The van der Waals surface area contributed by atoms with E-state index < -0.39 is 0 Å². The normalized spacial score (nSPS) is 14.2. The molecule has 1 fully saturated rings. The molecule has 130 valence electrons. The number of aryl methyl sites for hydroxylation is 1. The van der Waals surface area contributed by atoms with E-state index in [0.29, 0.717) is 11.5 Å². The third-order valence-electron chi connectivity index (χ3n) is 4.76. The van der Waals surface area contributed by atoms with Crippen molar-refractivity contribution in [3.8, 4) is 0 Å².